The highest BCUT2D eigenvalue weighted by Gasteiger charge is 2.16. The molecule has 2 aromatic carbocycles. The number of carbonyl (C=O) groups is 1. The van der Waals surface area contributed by atoms with Crippen molar-refractivity contribution in [1.82, 2.24) is 5.43 Å². The number of benzene rings is 2. The van der Waals surface area contributed by atoms with Crippen LogP contribution < -0.4 is 22.1 Å². The van der Waals surface area contributed by atoms with Gasteiger partial charge in [0.2, 0.25) is 0 Å². The van der Waals surface area contributed by atoms with Gasteiger partial charge in [0.15, 0.2) is 0 Å². The zero-order chi connectivity index (χ0) is 20.6. The van der Waals surface area contributed by atoms with Crippen molar-refractivity contribution in [1.29, 1.82) is 0 Å². The summed E-state index contributed by atoms with van der Waals surface area (Å²) >= 11 is 11.3. The minimum atomic E-state index is -0.641. The third-order valence-electron chi connectivity index (χ3n) is 2.72. The van der Waals surface area contributed by atoms with Crippen molar-refractivity contribution >= 4 is 53.1 Å². The zero-order valence-electron chi connectivity index (χ0n) is 15.3. The first-order valence-corrected chi connectivity index (χ1v) is 8.39. The van der Waals surface area contributed by atoms with E-state index in [9.17, 15) is 13.6 Å². The largest absolute Gasteiger partial charge is 0.443 e. The topological polar surface area (TPSA) is 88.4 Å². The Labute approximate surface area is 192 Å². The van der Waals surface area contributed by atoms with E-state index in [0.717, 1.165) is 6.07 Å². The molecule has 0 saturated carbocycles. The molecule has 0 atom stereocenters. The fraction of sp³-hybridized carbons (Fsp3) is 0.316. The lowest BCUT2D eigenvalue weighted by Crippen LogP contribution is -2.35. The number of anilines is 2. The molecular formula is C19H29Cl3F2N4O2. The van der Waals surface area contributed by atoms with Gasteiger partial charge in [-0.3, -0.25) is 11.3 Å². The Balaban J connectivity index is -0.000000488. The van der Waals surface area contributed by atoms with Gasteiger partial charge in [-0.25, -0.2) is 19.0 Å². The molecule has 172 valence electrons. The molecule has 2 aromatic rings. The van der Waals surface area contributed by atoms with E-state index in [0.29, 0.717) is 11.4 Å². The first-order valence-electron chi connectivity index (χ1n) is 7.63. The van der Waals surface area contributed by atoms with Gasteiger partial charge in [0, 0.05) is 0 Å². The molecular weight excluding hydrogens is 461 g/mol. The number of amides is 1. The van der Waals surface area contributed by atoms with Gasteiger partial charge in [0.05, 0.1) is 21.4 Å². The molecule has 0 radical (unpaired) electrons. The van der Waals surface area contributed by atoms with Gasteiger partial charge in [-0.05, 0) is 57.2 Å². The number of hydrogen-bond acceptors (Lipinski definition) is 5. The Bertz CT molecular complexity index is 791. The van der Waals surface area contributed by atoms with Crippen LogP contribution in [0.5, 0.6) is 0 Å². The van der Waals surface area contributed by atoms with E-state index in [2.05, 4.69) is 16.3 Å². The van der Waals surface area contributed by atoms with Gasteiger partial charge in [-0.2, -0.15) is 0 Å². The summed E-state index contributed by atoms with van der Waals surface area (Å²) in [5, 5.41) is 0.448. The van der Waals surface area contributed by atoms with Crippen LogP contribution in [0.3, 0.4) is 0 Å². The van der Waals surface area contributed by atoms with Crippen molar-refractivity contribution in [2.24, 2.45) is 5.84 Å². The van der Waals surface area contributed by atoms with Crippen LogP contribution in [0.15, 0.2) is 36.4 Å². The number of hydrazine groups is 2. The van der Waals surface area contributed by atoms with Gasteiger partial charge in [0.1, 0.15) is 17.2 Å². The maximum atomic E-state index is 12.7. The summed E-state index contributed by atoms with van der Waals surface area (Å²) < 4.78 is 30.1. The molecule has 2 rings (SSSR count). The number of rotatable bonds is 3. The number of nitrogen functional groups attached to an aromatic ring is 1. The molecule has 0 spiro atoms. The summed E-state index contributed by atoms with van der Waals surface area (Å²) in [7, 11) is 0. The monoisotopic (exact) mass is 488 g/mol. The molecule has 0 saturated heterocycles. The molecule has 0 aromatic heterocycles. The maximum absolute atomic E-state index is 12.7. The number of hydrogen-bond donors (Lipinski definition) is 4. The Hall–Kier alpha value is -2.00. The Morgan fingerprint density at radius 2 is 1.40 bits per heavy atom. The third-order valence-corrected chi connectivity index (χ3v) is 3.34. The predicted octanol–water partition coefficient (Wildman–Crippen LogP) is 6.79. The number of carbonyl (C=O) groups excluding carboxylic acids is 1. The normalized spacial score (nSPS) is 9.33. The van der Waals surface area contributed by atoms with Crippen LogP contribution in [-0.4, -0.2) is 11.7 Å². The van der Waals surface area contributed by atoms with Crippen molar-refractivity contribution < 1.29 is 18.3 Å². The summed E-state index contributed by atoms with van der Waals surface area (Å²) in [6, 6.07) is 7.72. The lowest BCUT2D eigenvalue weighted by atomic mass is 10.2. The van der Waals surface area contributed by atoms with Crippen LogP contribution in [0.4, 0.5) is 25.0 Å². The highest BCUT2D eigenvalue weighted by Crippen LogP contribution is 2.22. The van der Waals surface area contributed by atoms with Gasteiger partial charge in [0.25, 0.3) is 0 Å². The second-order valence-corrected chi connectivity index (χ2v) is 6.96. The molecule has 5 N–H and O–H groups in total. The van der Waals surface area contributed by atoms with E-state index >= 15 is 0 Å². The van der Waals surface area contributed by atoms with E-state index in [1.807, 2.05) is 0 Å². The summed E-state index contributed by atoms with van der Waals surface area (Å²) in [5.41, 5.74) is 7.48. The van der Waals surface area contributed by atoms with E-state index in [4.69, 9.17) is 33.8 Å². The van der Waals surface area contributed by atoms with Crippen LogP contribution in [-0.2, 0) is 4.74 Å². The quantitative estimate of drug-likeness (QED) is 0.281. The lowest BCUT2D eigenvalue weighted by Gasteiger charge is -2.20. The molecule has 30 heavy (non-hydrogen) atoms. The third kappa shape index (κ3) is 12.5. The molecule has 0 aliphatic carbocycles. The van der Waals surface area contributed by atoms with Gasteiger partial charge in [-0.15, -0.1) is 12.4 Å². The number of ether oxygens (including phenoxy) is 1. The van der Waals surface area contributed by atoms with Crippen LogP contribution in [0.1, 0.15) is 35.6 Å². The van der Waals surface area contributed by atoms with Crippen LogP contribution in [0, 0.1) is 11.6 Å². The number of nitrogens with one attached hydrogen (secondary N) is 3. The van der Waals surface area contributed by atoms with Gasteiger partial charge in [-0.1, -0.05) is 38.1 Å². The first-order chi connectivity index (χ1) is 12.5. The van der Waals surface area contributed by atoms with Crippen LogP contribution >= 0.6 is 35.6 Å². The van der Waals surface area contributed by atoms with Crippen molar-refractivity contribution in [2.45, 2.75) is 41.2 Å². The zero-order valence-corrected chi connectivity index (χ0v) is 17.6. The standard InChI is InChI=1S/C11H14ClFN2O2.C6H6ClFN2.2CH4.ClH/c1-11(2,3)17-10(16)15-14-9-5-4-7(13)6-8(9)12;7-5-3-4(8)1-2-6(5)10-9;;;/h4-6,14H,1-3H3,(H,15,16);1-3,10H,9H2;2*1H4;1H. The van der Waals surface area contributed by atoms with Crippen molar-refractivity contribution in [3.63, 3.8) is 0 Å². The van der Waals surface area contributed by atoms with Gasteiger partial charge < -0.3 is 10.2 Å². The Morgan fingerprint density at radius 3 is 1.77 bits per heavy atom. The molecule has 11 heteroatoms. The lowest BCUT2D eigenvalue weighted by molar-refractivity contribution is 0.0541. The van der Waals surface area contributed by atoms with E-state index in [1.54, 1.807) is 20.8 Å². The summed E-state index contributed by atoms with van der Waals surface area (Å²) in [5.74, 6) is 4.23. The molecule has 0 aliphatic rings. The van der Waals surface area contributed by atoms with Crippen molar-refractivity contribution in [2.75, 3.05) is 10.9 Å². The highest BCUT2D eigenvalue weighted by molar-refractivity contribution is 6.33. The van der Waals surface area contributed by atoms with Crippen LogP contribution in [0.2, 0.25) is 10.0 Å². The average molecular weight is 490 g/mol. The Morgan fingerprint density at radius 1 is 0.967 bits per heavy atom. The number of halogens is 5. The second-order valence-electron chi connectivity index (χ2n) is 6.14. The van der Waals surface area contributed by atoms with E-state index in [-0.39, 0.29) is 43.1 Å². The van der Waals surface area contributed by atoms with E-state index in [1.165, 1.54) is 30.3 Å². The van der Waals surface area contributed by atoms with Crippen molar-refractivity contribution in [3.8, 4) is 0 Å². The SMILES string of the molecule is C.C.CC(C)(C)OC(=O)NNc1ccc(F)cc1Cl.Cl.NNc1ccc(F)cc1Cl. The molecule has 0 aliphatic heterocycles. The predicted molar refractivity (Wildman–Crippen MR) is 124 cm³/mol. The van der Waals surface area contributed by atoms with Gasteiger partial charge >= 0.3 is 6.09 Å². The molecule has 1 amide bonds. The molecule has 0 unspecified atom stereocenters. The fourth-order valence-corrected chi connectivity index (χ4v) is 2.06. The molecule has 6 nitrogen and oxygen atoms in total. The molecule has 0 heterocycles. The minimum absolute atomic E-state index is 0. The highest BCUT2D eigenvalue weighted by atomic mass is 35.5. The molecule has 0 fully saturated rings. The fourth-order valence-electron chi connectivity index (χ4n) is 1.62. The molecule has 0 bridgehead atoms. The van der Waals surface area contributed by atoms with Crippen molar-refractivity contribution in [3.05, 3.63) is 58.1 Å². The summed E-state index contributed by atoms with van der Waals surface area (Å²) in [6.07, 6.45) is -0.641. The Kier molecular flexibility index (Phi) is 16.2. The average Bonchev–Trinajstić information content (AvgIpc) is 2.53. The minimum Gasteiger partial charge on any atom is -0.443 e. The summed E-state index contributed by atoms with van der Waals surface area (Å²) in [4.78, 5) is 11.3. The first kappa shape index (κ1) is 32.7. The van der Waals surface area contributed by atoms with E-state index < -0.39 is 17.5 Å². The second kappa shape index (κ2) is 14.9. The number of nitrogens with two attached hydrogens (primary N) is 1. The van der Waals surface area contributed by atoms with Crippen LogP contribution in [0.25, 0.3) is 0 Å². The summed E-state index contributed by atoms with van der Waals surface area (Å²) in [6.45, 7) is 5.24. The maximum Gasteiger partial charge on any atom is 0.426 e. The smallest absolute Gasteiger partial charge is 0.426 e.